The van der Waals surface area contributed by atoms with Crippen molar-refractivity contribution in [2.75, 3.05) is 25.6 Å². The van der Waals surface area contributed by atoms with Crippen molar-refractivity contribution in [3.8, 4) is 0 Å². The fraction of sp³-hybridized carbons (Fsp3) is 0.444. The number of imidazole rings is 1. The zero-order valence-electron chi connectivity index (χ0n) is 9.06. The second kappa shape index (κ2) is 5.55. The number of carboxylic acids is 1. The highest BCUT2D eigenvalue weighted by Crippen LogP contribution is 2.06. The number of hydrogen-bond acceptors (Lipinski definition) is 4. The molecule has 0 atom stereocenters. The second-order valence-corrected chi connectivity index (χ2v) is 4.14. The average Bonchev–Trinajstić information content (AvgIpc) is 2.73. The first-order chi connectivity index (χ1) is 7.57. The van der Waals surface area contributed by atoms with E-state index in [1.807, 2.05) is 6.26 Å². The fourth-order valence-corrected chi connectivity index (χ4v) is 1.59. The van der Waals surface area contributed by atoms with E-state index in [-0.39, 0.29) is 17.3 Å². The maximum Gasteiger partial charge on any atom is 0.354 e. The van der Waals surface area contributed by atoms with E-state index in [1.165, 1.54) is 11.2 Å². The zero-order valence-corrected chi connectivity index (χ0v) is 9.87. The van der Waals surface area contributed by atoms with Crippen molar-refractivity contribution in [3.63, 3.8) is 0 Å². The van der Waals surface area contributed by atoms with E-state index in [1.54, 1.807) is 18.8 Å². The fourth-order valence-electron chi connectivity index (χ4n) is 1.13. The lowest BCUT2D eigenvalue weighted by Crippen LogP contribution is -2.30. The van der Waals surface area contributed by atoms with E-state index in [0.717, 1.165) is 5.75 Å². The SMILES string of the molecule is CSCCN(C)C(=O)c1nc[nH]c1C(=O)O. The molecule has 1 amide bonds. The van der Waals surface area contributed by atoms with E-state index in [4.69, 9.17) is 5.11 Å². The number of hydrogen-bond donors (Lipinski definition) is 2. The highest BCUT2D eigenvalue weighted by molar-refractivity contribution is 7.98. The highest BCUT2D eigenvalue weighted by Gasteiger charge is 2.22. The van der Waals surface area contributed by atoms with Crippen molar-refractivity contribution in [2.45, 2.75) is 0 Å². The normalized spacial score (nSPS) is 10.1. The predicted molar refractivity (Wildman–Crippen MR) is 60.9 cm³/mol. The Labute approximate surface area is 97.1 Å². The number of aromatic amines is 1. The monoisotopic (exact) mass is 243 g/mol. The first-order valence-electron chi connectivity index (χ1n) is 4.59. The lowest BCUT2D eigenvalue weighted by atomic mass is 10.3. The largest absolute Gasteiger partial charge is 0.477 e. The molecular formula is C9H13N3O3S. The van der Waals surface area contributed by atoms with Gasteiger partial charge in [0.25, 0.3) is 5.91 Å². The van der Waals surface area contributed by atoms with Gasteiger partial charge >= 0.3 is 5.97 Å². The van der Waals surface area contributed by atoms with Gasteiger partial charge in [-0.15, -0.1) is 0 Å². The van der Waals surface area contributed by atoms with Gasteiger partial charge in [0.2, 0.25) is 0 Å². The molecule has 1 aromatic heterocycles. The van der Waals surface area contributed by atoms with Crippen LogP contribution in [0.1, 0.15) is 21.0 Å². The Morgan fingerprint density at radius 3 is 2.88 bits per heavy atom. The third-order valence-electron chi connectivity index (χ3n) is 2.03. The molecule has 0 fully saturated rings. The Bertz CT molecular complexity index is 391. The predicted octanol–water partition coefficient (Wildman–Crippen LogP) is 0.543. The summed E-state index contributed by atoms with van der Waals surface area (Å²) in [6.07, 6.45) is 3.15. The first kappa shape index (κ1) is 12.6. The molecule has 0 aliphatic rings. The number of rotatable bonds is 5. The molecule has 0 saturated heterocycles. The van der Waals surface area contributed by atoms with Crippen molar-refractivity contribution < 1.29 is 14.7 Å². The number of H-pyrrole nitrogens is 1. The summed E-state index contributed by atoms with van der Waals surface area (Å²) in [5.74, 6) is -0.762. The van der Waals surface area contributed by atoms with Crippen molar-refractivity contribution in [3.05, 3.63) is 17.7 Å². The maximum atomic E-state index is 11.8. The molecule has 0 aliphatic heterocycles. The zero-order chi connectivity index (χ0) is 12.1. The molecule has 1 aromatic rings. The van der Waals surface area contributed by atoms with Crippen LogP contribution in [0.4, 0.5) is 0 Å². The van der Waals surface area contributed by atoms with E-state index in [9.17, 15) is 9.59 Å². The van der Waals surface area contributed by atoms with Crippen LogP contribution >= 0.6 is 11.8 Å². The van der Waals surface area contributed by atoms with Gasteiger partial charge in [-0.3, -0.25) is 4.79 Å². The Kier molecular flexibility index (Phi) is 4.36. The molecule has 16 heavy (non-hydrogen) atoms. The molecule has 0 aromatic carbocycles. The Morgan fingerprint density at radius 1 is 1.62 bits per heavy atom. The summed E-state index contributed by atoms with van der Waals surface area (Å²) in [4.78, 5) is 30.2. The van der Waals surface area contributed by atoms with E-state index < -0.39 is 5.97 Å². The molecule has 2 N–H and O–H groups in total. The molecule has 0 bridgehead atoms. The van der Waals surface area contributed by atoms with Crippen LogP contribution in [0.2, 0.25) is 0 Å². The van der Waals surface area contributed by atoms with Gasteiger partial charge in [0.05, 0.1) is 6.33 Å². The van der Waals surface area contributed by atoms with Crippen LogP contribution in [-0.2, 0) is 0 Å². The third-order valence-corrected chi connectivity index (χ3v) is 2.62. The minimum Gasteiger partial charge on any atom is -0.477 e. The smallest absolute Gasteiger partial charge is 0.354 e. The standard InChI is InChI=1S/C9H13N3O3S/c1-12(3-4-16-2)8(13)6-7(9(14)15)11-5-10-6/h5H,3-4H2,1-2H3,(H,10,11)(H,14,15). The van der Waals surface area contributed by atoms with Gasteiger partial charge in [-0.2, -0.15) is 11.8 Å². The van der Waals surface area contributed by atoms with Crippen LogP contribution in [-0.4, -0.2) is 57.5 Å². The number of amides is 1. The van der Waals surface area contributed by atoms with E-state index >= 15 is 0 Å². The lowest BCUT2D eigenvalue weighted by molar-refractivity contribution is 0.0676. The van der Waals surface area contributed by atoms with Crippen molar-refractivity contribution in [1.82, 2.24) is 14.9 Å². The molecule has 1 rings (SSSR count). The van der Waals surface area contributed by atoms with E-state index in [2.05, 4.69) is 9.97 Å². The molecule has 0 unspecified atom stereocenters. The number of aromatic nitrogens is 2. The lowest BCUT2D eigenvalue weighted by Gasteiger charge is -2.15. The minimum absolute atomic E-state index is 0.0453. The van der Waals surface area contributed by atoms with Gasteiger partial charge in [-0.1, -0.05) is 0 Å². The third kappa shape index (κ3) is 2.75. The molecule has 1 heterocycles. The van der Waals surface area contributed by atoms with Crippen LogP contribution in [0.5, 0.6) is 0 Å². The summed E-state index contributed by atoms with van der Waals surface area (Å²) in [6.45, 7) is 0.561. The number of carboxylic acid groups (broad SMARTS) is 1. The van der Waals surface area contributed by atoms with Gasteiger partial charge in [0.1, 0.15) is 0 Å². The summed E-state index contributed by atoms with van der Waals surface area (Å²) >= 11 is 1.62. The number of thioether (sulfide) groups is 1. The Hall–Kier alpha value is -1.50. The minimum atomic E-state index is -1.18. The molecular weight excluding hydrogens is 230 g/mol. The molecule has 0 saturated carbocycles. The summed E-state index contributed by atoms with van der Waals surface area (Å²) < 4.78 is 0. The Balaban J connectivity index is 2.79. The molecule has 0 spiro atoms. The summed E-state index contributed by atoms with van der Waals surface area (Å²) in [6, 6.07) is 0. The van der Waals surface area contributed by atoms with Gasteiger partial charge < -0.3 is 15.0 Å². The highest BCUT2D eigenvalue weighted by atomic mass is 32.2. The van der Waals surface area contributed by atoms with Crippen LogP contribution in [0.15, 0.2) is 6.33 Å². The first-order valence-corrected chi connectivity index (χ1v) is 5.98. The van der Waals surface area contributed by atoms with Crippen LogP contribution < -0.4 is 0 Å². The van der Waals surface area contributed by atoms with Crippen molar-refractivity contribution in [1.29, 1.82) is 0 Å². The average molecular weight is 243 g/mol. The van der Waals surface area contributed by atoms with Crippen molar-refractivity contribution >= 4 is 23.6 Å². The summed E-state index contributed by atoms with van der Waals surface area (Å²) in [5, 5.41) is 8.82. The molecule has 6 nitrogen and oxygen atoms in total. The number of nitrogens with zero attached hydrogens (tertiary/aromatic N) is 2. The maximum absolute atomic E-state index is 11.8. The van der Waals surface area contributed by atoms with Crippen LogP contribution in [0.3, 0.4) is 0 Å². The van der Waals surface area contributed by atoms with Gasteiger partial charge in [-0.05, 0) is 6.26 Å². The summed E-state index contributed by atoms with van der Waals surface area (Å²) in [5.41, 5.74) is -0.211. The quantitative estimate of drug-likeness (QED) is 0.788. The second-order valence-electron chi connectivity index (χ2n) is 3.15. The van der Waals surface area contributed by atoms with Crippen molar-refractivity contribution in [2.24, 2.45) is 0 Å². The molecule has 7 heteroatoms. The molecule has 0 radical (unpaired) electrons. The molecule has 88 valence electrons. The number of carbonyl (C=O) groups excluding carboxylic acids is 1. The topological polar surface area (TPSA) is 86.3 Å². The van der Waals surface area contributed by atoms with Crippen LogP contribution in [0, 0.1) is 0 Å². The van der Waals surface area contributed by atoms with E-state index in [0.29, 0.717) is 6.54 Å². The van der Waals surface area contributed by atoms with Gasteiger partial charge in [0, 0.05) is 19.3 Å². The number of carbonyl (C=O) groups is 2. The Morgan fingerprint density at radius 2 is 2.31 bits per heavy atom. The number of nitrogens with one attached hydrogen (secondary N) is 1. The van der Waals surface area contributed by atoms with Crippen LogP contribution in [0.25, 0.3) is 0 Å². The number of aromatic carboxylic acids is 1. The van der Waals surface area contributed by atoms with Gasteiger partial charge in [0.15, 0.2) is 11.4 Å². The van der Waals surface area contributed by atoms with Gasteiger partial charge in [-0.25, -0.2) is 9.78 Å². The molecule has 0 aliphatic carbocycles. The summed E-state index contributed by atoms with van der Waals surface area (Å²) in [7, 11) is 1.62.